The predicted molar refractivity (Wildman–Crippen MR) is 139 cm³/mol. The minimum atomic E-state index is -0.679. The van der Waals surface area contributed by atoms with Gasteiger partial charge in [0.25, 0.3) is 5.56 Å². The number of fused-ring (bicyclic) bond motifs is 1. The number of phenols is 1. The molecule has 0 spiro atoms. The van der Waals surface area contributed by atoms with E-state index in [0.717, 1.165) is 10.6 Å². The van der Waals surface area contributed by atoms with Crippen LogP contribution in [-0.4, -0.2) is 39.8 Å². The Kier molecular flexibility index (Phi) is 6.89. The predicted octanol–water partition coefficient (Wildman–Crippen LogP) is 4.47. The van der Waals surface area contributed by atoms with Gasteiger partial charge < -0.3 is 29.6 Å². The first-order valence-electron chi connectivity index (χ1n) is 11.2. The monoisotopic (exact) mass is 509 g/mol. The summed E-state index contributed by atoms with van der Waals surface area (Å²) >= 11 is 1.43. The van der Waals surface area contributed by atoms with Crippen LogP contribution >= 0.6 is 11.3 Å². The second-order valence-corrected chi connectivity index (χ2v) is 9.57. The number of carbonyl (C=O) groups excluding carboxylic acids is 1. The molecule has 0 saturated carbocycles. The second kappa shape index (κ2) is 9.90. The van der Waals surface area contributed by atoms with Gasteiger partial charge in [0, 0.05) is 23.7 Å². The maximum Gasteiger partial charge on any atom is 0.265 e. The van der Waals surface area contributed by atoms with E-state index >= 15 is 0 Å². The Morgan fingerprint density at radius 2 is 1.75 bits per heavy atom. The number of rotatable bonds is 8. The molecule has 4 aromatic rings. The van der Waals surface area contributed by atoms with Crippen LogP contribution in [0.25, 0.3) is 10.9 Å². The molecule has 36 heavy (non-hydrogen) atoms. The lowest BCUT2D eigenvalue weighted by molar-refractivity contribution is 0.0972. The van der Waals surface area contributed by atoms with Crippen LogP contribution in [0.15, 0.2) is 41.2 Å². The van der Waals surface area contributed by atoms with Gasteiger partial charge >= 0.3 is 0 Å². The standard InChI is InChI=1S/C26H27N3O6S/c1-13-14(2)36-26(27-13)28-17(15-10-20(34-4)24(32)21(11-15)35-5)12-19(30)22-23(31)16-8-6-7-9-18(16)29(3)25(22)33/h6-11,17,31-32H,12H2,1-5H3,(H,27,28). The summed E-state index contributed by atoms with van der Waals surface area (Å²) in [6.07, 6.45) is -0.185. The lowest BCUT2D eigenvalue weighted by atomic mass is 9.96. The molecule has 1 unspecified atom stereocenters. The fraction of sp³-hybridized carbons (Fsp3) is 0.269. The molecule has 3 N–H and O–H groups in total. The molecular formula is C26H27N3O6S. The number of phenolic OH excluding ortho intramolecular Hbond substituents is 1. The molecule has 2 aromatic carbocycles. The summed E-state index contributed by atoms with van der Waals surface area (Å²) in [6.45, 7) is 3.84. The van der Waals surface area contributed by atoms with Crippen molar-refractivity contribution in [1.29, 1.82) is 0 Å². The number of hydrogen-bond acceptors (Lipinski definition) is 9. The van der Waals surface area contributed by atoms with Crippen molar-refractivity contribution in [2.45, 2.75) is 26.3 Å². The third-order valence-corrected chi connectivity index (χ3v) is 7.18. The summed E-state index contributed by atoms with van der Waals surface area (Å²) in [6, 6.07) is 9.36. The highest BCUT2D eigenvalue weighted by Crippen LogP contribution is 2.41. The number of aryl methyl sites for hydroxylation is 3. The Labute approximate surface area is 211 Å². The van der Waals surface area contributed by atoms with Crippen molar-refractivity contribution in [3.8, 4) is 23.0 Å². The fourth-order valence-electron chi connectivity index (χ4n) is 4.07. The van der Waals surface area contributed by atoms with Crippen molar-refractivity contribution in [3.63, 3.8) is 0 Å². The number of ether oxygens (including phenoxy) is 2. The largest absolute Gasteiger partial charge is 0.506 e. The van der Waals surface area contributed by atoms with E-state index in [2.05, 4.69) is 10.3 Å². The maximum atomic E-state index is 13.6. The molecule has 188 valence electrons. The molecule has 0 radical (unpaired) electrons. The third kappa shape index (κ3) is 4.47. The Balaban J connectivity index is 1.81. The molecule has 0 bridgehead atoms. The molecule has 0 aliphatic rings. The lowest BCUT2D eigenvalue weighted by Crippen LogP contribution is -2.26. The lowest BCUT2D eigenvalue weighted by Gasteiger charge is -2.21. The number of ketones is 1. The van der Waals surface area contributed by atoms with Crippen LogP contribution < -0.4 is 20.3 Å². The number of benzene rings is 2. The molecule has 9 nitrogen and oxygen atoms in total. The number of pyridine rings is 1. The van der Waals surface area contributed by atoms with Gasteiger partial charge in [-0.15, -0.1) is 11.3 Å². The average molecular weight is 510 g/mol. The summed E-state index contributed by atoms with van der Waals surface area (Å²) in [4.78, 5) is 32.2. The summed E-state index contributed by atoms with van der Waals surface area (Å²) in [5.74, 6) is -0.735. The maximum absolute atomic E-state index is 13.6. The molecule has 4 rings (SSSR count). The fourth-order valence-corrected chi connectivity index (χ4v) is 4.94. The Bertz CT molecular complexity index is 1480. The van der Waals surface area contributed by atoms with Crippen molar-refractivity contribution in [2.75, 3.05) is 19.5 Å². The van der Waals surface area contributed by atoms with Gasteiger partial charge in [-0.3, -0.25) is 9.59 Å². The highest BCUT2D eigenvalue weighted by Gasteiger charge is 2.27. The average Bonchev–Trinajstić information content (AvgIpc) is 3.18. The number of thiazole rings is 1. The van der Waals surface area contributed by atoms with Gasteiger partial charge in [-0.1, -0.05) is 12.1 Å². The third-order valence-electron chi connectivity index (χ3n) is 6.17. The van der Waals surface area contributed by atoms with E-state index in [-0.39, 0.29) is 35.0 Å². The second-order valence-electron chi connectivity index (χ2n) is 8.36. The van der Waals surface area contributed by atoms with Crippen molar-refractivity contribution in [1.82, 2.24) is 9.55 Å². The van der Waals surface area contributed by atoms with E-state index in [1.54, 1.807) is 43.4 Å². The van der Waals surface area contributed by atoms with E-state index < -0.39 is 17.4 Å². The number of para-hydroxylation sites is 1. The van der Waals surface area contributed by atoms with Crippen molar-refractivity contribution in [2.24, 2.45) is 7.05 Å². The van der Waals surface area contributed by atoms with Gasteiger partial charge in [-0.05, 0) is 43.7 Å². The molecule has 0 fully saturated rings. The number of carbonyl (C=O) groups is 1. The number of anilines is 1. The Hall–Kier alpha value is -4.05. The van der Waals surface area contributed by atoms with Crippen LogP contribution in [0.3, 0.4) is 0 Å². The number of aromatic hydroxyl groups is 2. The summed E-state index contributed by atoms with van der Waals surface area (Å²) in [5.41, 5.74) is 1.07. The highest BCUT2D eigenvalue weighted by molar-refractivity contribution is 7.15. The zero-order chi connectivity index (χ0) is 26.1. The van der Waals surface area contributed by atoms with Crippen molar-refractivity contribution in [3.05, 3.63) is 68.4 Å². The van der Waals surface area contributed by atoms with E-state index in [9.17, 15) is 19.8 Å². The zero-order valence-corrected chi connectivity index (χ0v) is 21.4. The molecular weight excluding hydrogens is 482 g/mol. The molecule has 0 amide bonds. The highest BCUT2D eigenvalue weighted by atomic mass is 32.1. The molecule has 0 aliphatic heterocycles. The summed E-state index contributed by atoms with van der Waals surface area (Å²) in [5, 5.41) is 25.5. The van der Waals surface area contributed by atoms with Gasteiger partial charge in [0.1, 0.15) is 11.3 Å². The number of nitrogens with one attached hydrogen (secondary N) is 1. The first kappa shape index (κ1) is 25.1. The van der Waals surface area contributed by atoms with Gasteiger partial charge in [-0.25, -0.2) is 4.98 Å². The van der Waals surface area contributed by atoms with Crippen LogP contribution in [0.4, 0.5) is 5.13 Å². The minimum absolute atomic E-state index is 0.166. The van der Waals surface area contributed by atoms with Crippen LogP contribution in [0.1, 0.15) is 39.0 Å². The van der Waals surface area contributed by atoms with Gasteiger partial charge in [0.15, 0.2) is 22.4 Å². The normalized spacial score (nSPS) is 11.9. The van der Waals surface area contributed by atoms with Crippen LogP contribution in [0.2, 0.25) is 0 Å². The number of nitrogens with zero attached hydrogens (tertiary/aromatic N) is 2. The first-order chi connectivity index (χ1) is 17.2. The van der Waals surface area contributed by atoms with Gasteiger partial charge in [0.2, 0.25) is 5.75 Å². The number of methoxy groups -OCH3 is 2. The van der Waals surface area contributed by atoms with Gasteiger partial charge in [-0.2, -0.15) is 0 Å². The van der Waals surface area contributed by atoms with Crippen LogP contribution in [0.5, 0.6) is 23.0 Å². The summed E-state index contributed by atoms with van der Waals surface area (Å²) < 4.78 is 11.9. The number of aromatic nitrogens is 2. The van der Waals surface area contributed by atoms with Crippen LogP contribution in [-0.2, 0) is 7.05 Å². The molecule has 1 atom stereocenters. The van der Waals surface area contributed by atoms with Gasteiger partial charge in [0.05, 0.1) is 31.5 Å². The molecule has 0 saturated heterocycles. The van der Waals surface area contributed by atoms with E-state index in [1.165, 1.54) is 30.1 Å². The minimum Gasteiger partial charge on any atom is -0.506 e. The van der Waals surface area contributed by atoms with E-state index in [1.807, 2.05) is 13.8 Å². The SMILES string of the molecule is COc1cc(C(CC(=O)c2c(O)c3ccccc3n(C)c2=O)Nc2nc(C)c(C)s2)cc(OC)c1O. The number of hydrogen-bond donors (Lipinski definition) is 3. The molecule has 0 aliphatic carbocycles. The van der Waals surface area contributed by atoms with Crippen molar-refractivity contribution >= 4 is 33.2 Å². The van der Waals surface area contributed by atoms with Crippen LogP contribution in [0, 0.1) is 13.8 Å². The smallest absolute Gasteiger partial charge is 0.265 e. The number of Topliss-reactive ketones (excluding diaryl/α,β-unsaturated/α-hetero) is 1. The molecule has 2 heterocycles. The Morgan fingerprint density at radius 1 is 1.11 bits per heavy atom. The van der Waals surface area contributed by atoms with E-state index in [0.29, 0.717) is 21.6 Å². The molecule has 2 aromatic heterocycles. The Morgan fingerprint density at radius 3 is 2.33 bits per heavy atom. The summed E-state index contributed by atoms with van der Waals surface area (Å²) in [7, 11) is 4.39. The molecule has 10 heteroatoms. The van der Waals surface area contributed by atoms with E-state index in [4.69, 9.17) is 9.47 Å². The zero-order valence-electron chi connectivity index (χ0n) is 20.6. The first-order valence-corrected chi connectivity index (χ1v) is 12.0. The van der Waals surface area contributed by atoms with Crippen molar-refractivity contribution < 1.29 is 24.5 Å². The topological polar surface area (TPSA) is 123 Å². The quantitative estimate of drug-likeness (QED) is 0.298.